The Morgan fingerprint density at radius 2 is 2.23 bits per heavy atom. The summed E-state index contributed by atoms with van der Waals surface area (Å²) < 4.78 is 0. The molecule has 0 aliphatic carbocycles. The molecule has 1 atom stereocenters. The molecule has 0 aromatic carbocycles. The Balaban J connectivity index is 1.82. The van der Waals surface area contributed by atoms with E-state index < -0.39 is 0 Å². The maximum Gasteiger partial charge on any atom is 0.140 e. The smallest absolute Gasteiger partial charge is 0.140 e. The highest BCUT2D eigenvalue weighted by atomic mass is 15.2. The van der Waals surface area contributed by atoms with Gasteiger partial charge >= 0.3 is 0 Å². The van der Waals surface area contributed by atoms with Gasteiger partial charge in [0.2, 0.25) is 0 Å². The number of fused-ring (bicyclic) bond motifs is 1. The molecule has 3 aromatic heterocycles. The van der Waals surface area contributed by atoms with Crippen LogP contribution in [0.2, 0.25) is 0 Å². The van der Waals surface area contributed by atoms with Gasteiger partial charge in [-0.3, -0.25) is 0 Å². The number of hydrogen-bond acceptors (Lipinski definition) is 4. The number of nitrogens with zero attached hydrogens (tertiary/aromatic N) is 3. The predicted molar refractivity (Wildman–Crippen MR) is 88.0 cm³/mol. The second kappa shape index (κ2) is 5.46. The number of aromatic nitrogens is 4. The quantitative estimate of drug-likeness (QED) is 0.692. The van der Waals surface area contributed by atoms with Crippen molar-refractivity contribution in [3.63, 3.8) is 0 Å². The summed E-state index contributed by atoms with van der Waals surface area (Å²) in [7, 11) is 2.04. The van der Waals surface area contributed by atoms with Crippen LogP contribution in [0.4, 0.5) is 5.69 Å². The zero-order valence-electron chi connectivity index (χ0n) is 12.6. The summed E-state index contributed by atoms with van der Waals surface area (Å²) in [5, 5.41) is 4.55. The van der Waals surface area contributed by atoms with Crippen LogP contribution in [0.3, 0.4) is 0 Å². The molecular weight excluding hydrogens is 276 g/mol. The number of piperidine rings is 1. The molecule has 1 saturated heterocycles. The summed E-state index contributed by atoms with van der Waals surface area (Å²) in [6.45, 7) is 2.11. The summed E-state index contributed by atoms with van der Waals surface area (Å²) in [5.74, 6) is 0.877. The van der Waals surface area contributed by atoms with Gasteiger partial charge in [-0.15, -0.1) is 0 Å². The van der Waals surface area contributed by atoms with Crippen molar-refractivity contribution < 1.29 is 0 Å². The standard InChI is InChI=1S/C16H20N6/c1-17-11-3-2-8-22(10-11)13-4-5-18-16-14(13)12(9-21-16)15-19-6-7-20-15/h4-7,9,11,17H,2-3,8,10H2,1H3,(H,18,21)(H,19,20)/t11-/m0/s1. The molecule has 22 heavy (non-hydrogen) atoms. The molecule has 114 valence electrons. The average molecular weight is 296 g/mol. The molecule has 4 heterocycles. The fourth-order valence-electron chi connectivity index (χ4n) is 3.33. The highest BCUT2D eigenvalue weighted by molar-refractivity contribution is 6.01. The van der Waals surface area contributed by atoms with Crippen molar-refractivity contribution in [3.8, 4) is 11.4 Å². The van der Waals surface area contributed by atoms with E-state index in [1.165, 1.54) is 18.5 Å². The largest absolute Gasteiger partial charge is 0.369 e. The van der Waals surface area contributed by atoms with E-state index in [1.54, 1.807) is 6.20 Å². The second-order valence-electron chi connectivity index (χ2n) is 5.77. The maximum absolute atomic E-state index is 4.47. The molecule has 3 aromatic rings. The minimum absolute atomic E-state index is 0.544. The monoisotopic (exact) mass is 296 g/mol. The van der Waals surface area contributed by atoms with Gasteiger partial charge in [0.1, 0.15) is 11.5 Å². The van der Waals surface area contributed by atoms with Crippen LogP contribution in [-0.4, -0.2) is 46.1 Å². The topological polar surface area (TPSA) is 72.6 Å². The van der Waals surface area contributed by atoms with Gasteiger partial charge in [-0.25, -0.2) is 9.97 Å². The van der Waals surface area contributed by atoms with E-state index >= 15 is 0 Å². The lowest BCUT2D eigenvalue weighted by atomic mass is 10.0. The molecule has 0 amide bonds. The third-order valence-corrected chi connectivity index (χ3v) is 4.48. The van der Waals surface area contributed by atoms with Crippen LogP contribution < -0.4 is 10.2 Å². The lowest BCUT2D eigenvalue weighted by Gasteiger charge is -2.34. The van der Waals surface area contributed by atoms with Crippen LogP contribution in [0.1, 0.15) is 12.8 Å². The van der Waals surface area contributed by atoms with Gasteiger partial charge in [-0.05, 0) is 26.0 Å². The van der Waals surface area contributed by atoms with Gasteiger partial charge in [-0.1, -0.05) is 0 Å². The zero-order chi connectivity index (χ0) is 14.9. The van der Waals surface area contributed by atoms with Crippen molar-refractivity contribution >= 4 is 16.7 Å². The Morgan fingerprint density at radius 1 is 1.27 bits per heavy atom. The molecule has 0 bridgehead atoms. The summed E-state index contributed by atoms with van der Waals surface area (Å²) in [4.78, 5) is 17.8. The van der Waals surface area contributed by atoms with E-state index in [4.69, 9.17) is 0 Å². The van der Waals surface area contributed by atoms with Gasteiger partial charge in [-0.2, -0.15) is 0 Å². The van der Waals surface area contributed by atoms with E-state index in [2.05, 4.69) is 36.2 Å². The van der Waals surface area contributed by atoms with Crippen LogP contribution in [0.25, 0.3) is 22.4 Å². The fraction of sp³-hybridized carbons (Fsp3) is 0.375. The molecule has 6 heteroatoms. The molecule has 0 spiro atoms. The summed E-state index contributed by atoms with van der Waals surface area (Å²) in [6, 6.07) is 2.66. The molecule has 0 saturated carbocycles. The molecule has 4 rings (SSSR count). The van der Waals surface area contributed by atoms with Crippen LogP contribution in [0.15, 0.2) is 30.9 Å². The molecular formula is C16H20N6. The average Bonchev–Trinajstić information content (AvgIpc) is 3.23. The van der Waals surface area contributed by atoms with Crippen molar-refractivity contribution in [1.29, 1.82) is 0 Å². The van der Waals surface area contributed by atoms with Crippen molar-refractivity contribution in [2.45, 2.75) is 18.9 Å². The molecule has 0 unspecified atom stereocenters. The third-order valence-electron chi connectivity index (χ3n) is 4.48. The van der Waals surface area contributed by atoms with E-state index in [9.17, 15) is 0 Å². The van der Waals surface area contributed by atoms with Gasteiger partial charge in [0.15, 0.2) is 0 Å². The van der Waals surface area contributed by atoms with Crippen LogP contribution in [-0.2, 0) is 0 Å². The van der Waals surface area contributed by atoms with Gasteiger partial charge in [0, 0.05) is 49.5 Å². The summed E-state index contributed by atoms with van der Waals surface area (Å²) in [6.07, 6.45) is 9.93. The lowest BCUT2D eigenvalue weighted by molar-refractivity contribution is 0.450. The maximum atomic E-state index is 4.47. The molecule has 6 nitrogen and oxygen atoms in total. The number of nitrogens with one attached hydrogen (secondary N) is 3. The third kappa shape index (κ3) is 2.16. The first-order valence-electron chi connectivity index (χ1n) is 7.75. The number of hydrogen-bond donors (Lipinski definition) is 3. The van der Waals surface area contributed by atoms with E-state index in [0.717, 1.165) is 35.5 Å². The van der Waals surface area contributed by atoms with E-state index in [-0.39, 0.29) is 0 Å². The summed E-state index contributed by atoms with van der Waals surface area (Å²) >= 11 is 0. The van der Waals surface area contributed by atoms with Crippen LogP contribution >= 0.6 is 0 Å². The van der Waals surface area contributed by atoms with Gasteiger partial charge < -0.3 is 20.2 Å². The molecule has 3 N–H and O–H groups in total. The molecule has 0 radical (unpaired) electrons. The molecule has 1 aliphatic heterocycles. The van der Waals surface area contributed by atoms with E-state index in [0.29, 0.717) is 6.04 Å². The number of H-pyrrole nitrogens is 2. The Hall–Kier alpha value is -2.34. The number of pyridine rings is 1. The Bertz CT molecular complexity index is 760. The highest BCUT2D eigenvalue weighted by Gasteiger charge is 2.22. The van der Waals surface area contributed by atoms with Gasteiger partial charge in [0.05, 0.1) is 11.1 Å². The molecule has 1 fully saturated rings. The summed E-state index contributed by atoms with van der Waals surface area (Å²) in [5.41, 5.74) is 3.22. The van der Waals surface area contributed by atoms with Crippen LogP contribution in [0, 0.1) is 0 Å². The number of aromatic amines is 2. The minimum atomic E-state index is 0.544. The first kappa shape index (κ1) is 13.3. The SMILES string of the molecule is CN[C@H]1CCCN(c2ccnc3[nH]cc(-c4ncc[nH]4)c23)C1. The molecule has 1 aliphatic rings. The predicted octanol–water partition coefficient (Wildman–Crippen LogP) is 2.14. The fourth-order valence-corrected chi connectivity index (χ4v) is 3.33. The van der Waals surface area contributed by atoms with Crippen molar-refractivity contribution in [3.05, 3.63) is 30.9 Å². The van der Waals surface area contributed by atoms with Gasteiger partial charge in [0.25, 0.3) is 0 Å². The van der Waals surface area contributed by atoms with Crippen molar-refractivity contribution in [1.82, 2.24) is 25.3 Å². The zero-order valence-corrected chi connectivity index (χ0v) is 12.6. The highest BCUT2D eigenvalue weighted by Crippen LogP contribution is 2.34. The number of anilines is 1. The normalized spacial score (nSPS) is 19.0. The minimum Gasteiger partial charge on any atom is -0.369 e. The van der Waals surface area contributed by atoms with Crippen LogP contribution in [0.5, 0.6) is 0 Å². The number of rotatable bonds is 3. The first-order chi connectivity index (χ1) is 10.9. The Kier molecular flexibility index (Phi) is 3.31. The Morgan fingerprint density at radius 3 is 3.05 bits per heavy atom. The second-order valence-corrected chi connectivity index (χ2v) is 5.77. The lowest BCUT2D eigenvalue weighted by Crippen LogP contribution is -2.44. The first-order valence-corrected chi connectivity index (χ1v) is 7.75. The van der Waals surface area contributed by atoms with Crippen molar-refractivity contribution in [2.24, 2.45) is 0 Å². The van der Waals surface area contributed by atoms with E-state index in [1.807, 2.05) is 25.6 Å². The Labute approximate surface area is 129 Å². The number of imidazole rings is 1. The van der Waals surface area contributed by atoms with Crippen molar-refractivity contribution in [2.75, 3.05) is 25.0 Å². The number of likely N-dealkylation sites (N-methyl/N-ethyl adjacent to an activating group) is 1.